The minimum absolute atomic E-state index is 0.185. The third-order valence-electron chi connectivity index (χ3n) is 2.78. The molecule has 2 rings (SSSR count). The second-order valence-electron chi connectivity index (χ2n) is 4.33. The van der Waals surface area contributed by atoms with Gasteiger partial charge in [-0.25, -0.2) is 0 Å². The molecule has 108 valence electrons. The smallest absolute Gasteiger partial charge is 0.417 e. The van der Waals surface area contributed by atoms with Crippen LogP contribution in [-0.2, 0) is 6.18 Å². The Morgan fingerprint density at radius 1 is 1.14 bits per heavy atom. The molecule has 0 unspecified atom stereocenters. The molecule has 0 aliphatic heterocycles. The molecule has 0 heterocycles. The van der Waals surface area contributed by atoms with E-state index < -0.39 is 17.3 Å². The van der Waals surface area contributed by atoms with Crippen LogP contribution in [0.3, 0.4) is 0 Å². The van der Waals surface area contributed by atoms with Gasteiger partial charge in [0.05, 0.1) is 17.2 Å². The molecular formula is C15H9BrF3NO. The maximum absolute atomic E-state index is 12.7. The molecule has 0 atom stereocenters. The van der Waals surface area contributed by atoms with Crippen molar-refractivity contribution in [2.45, 2.75) is 13.1 Å². The lowest BCUT2D eigenvalue weighted by atomic mass is 10.1. The maximum atomic E-state index is 12.7. The molecule has 0 amide bonds. The Balaban J connectivity index is 2.36. The second kappa shape index (κ2) is 5.78. The van der Waals surface area contributed by atoms with E-state index in [0.717, 1.165) is 22.2 Å². The lowest BCUT2D eigenvalue weighted by Crippen LogP contribution is -2.07. The van der Waals surface area contributed by atoms with Gasteiger partial charge in [0.25, 0.3) is 0 Å². The van der Waals surface area contributed by atoms with Gasteiger partial charge in [0.15, 0.2) is 0 Å². The lowest BCUT2D eigenvalue weighted by Gasteiger charge is -2.12. The number of alkyl halides is 3. The number of nitriles is 1. The SMILES string of the molecule is Cc1cc(Br)ccc1Oc1ccc(C(F)(F)F)c(C#N)c1. The van der Waals surface area contributed by atoms with Crippen molar-refractivity contribution >= 4 is 15.9 Å². The normalized spacial score (nSPS) is 11.0. The fourth-order valence-electron chi connectivity index (χ4n) is 1.78. The predicted molar refractivity (Wildman–Crippen MR) is 75.1 cm³/mol. The maximum Gasteiger partial charge on any atom is 0.417 e. The lowest BCUT2D eigenvalue weighted by molar-refractivity contribution is -0.137. The molecule has 0 saturated carbocycles. The van der Waals surface area contributed by atoms with Gasteiger partial charge in [-0.1, -0.05) is 15.9 Å². The molecule has 2 aromatic carbocycles. The molecule has 0 saturated heterocycles. The van der Waals surface area contributed by atoms with Crippen molar-refractivity contribution in [3.63, 3.8) is 0 Å². The van der Waals surface area contributed by atoms with Crippen molar-refractivity contribution < 1.29 is 17.9 Å². The van der Waals surface area contributed by atoms with Crippen molar-refractivity contribution in [1.29, 1.82) is 5.26 Å². The summed E-state index contributed by atoms with van der Waals surface area (Å²) in [6.45, 7) is 1.81. The number of benzene rings is 2. The van der Waals surface area contributed by atoms with E-state index in [-0.39, 0.29) is 5.75 Å². The highest BCUT2D eigenvalue weighted by molar-refractivity contribution is 9.10. The topological polar surface area (TPSA) is 33.0 Å². The van der Waals surface area contributed by atoms with Gasteiger partial charge in [0, 0.05) is 4.47 Å². The van der Waals surface area contributed by atoms with E-state index >= 15 is 0 Å². The Kier molecular flexibility index (Phi) is 4.24. The van der Waals surface area contributed by atoms with Crippen molar-refractivity contribution in [2.75, 3.05) is 0 Å². The number of hydrogen-bond acceptors (Lipinski definition) is 2. The number of halogens is 4. The van der Waals surface area contributed by atoms with Crippen LogP contribution < -0.4 is 4.74 Å². The first kappa shape index (κ1) is 15.4. The second-order valence-corrected chi connectivity index (χ2v) is 5.24. The van der Waals surface area contributed by atoms with Gasteiger partial charge in [0.2, 0.25) is 0 Å². The van der Waals surface area contributed by atoms with E-state index in [1.54, 1.807) is 18.2 Å². The summed E-state index contributed by atoms with van der Waals surface area (Å²) in [4.78, 5) is 0. The van der Waals surface area contributed by atoms with Crippen molar-refractivity contribution in [1.82, 2.24) is 0 Å². The third kappa shape index (κ3) is 3.56. The highest BCUT2D eigenvalue weighted by Crippen LogP contribution is 2.35. The third-order valence-corrected chi connectivity index (χ3v) is 3.27. The van der Waals surface area contributed by atoms with Gasteiger partial charge >= 0.3 is 6.18 Å². The van der Waals surface area contributed by atoms with Crippen LogP contribution in [0.5, 0.6) is 11.5 Å². The summed E-state index contributed by atoms with van der Waals surface area (Å²) in [6, 6.07) is 9.96. The average Bonchev–Trinajstić information content (AvgIpc) is 2.40. The predicted octanol–water partition coefficient (Wildman–Crippen LogP) is 5.44. The summed E-state index contributed by atoms with van der Waals surface area (Å²) in [5.41, 5.74) is -0.609. The molecule has 0 radical (unpaired) electrons. The molecule has 6 heteroatoms. The molecule has 0 aliphatic carbocycles. The minimum Gasteiger partial charge on any atom is -0.457 e. The zero-order chi connectivity index (χ0) is 15.6. The fraction of sp³-hybridized carbons (Fsp3) is 0.133. The Morgan fingerprint density at radius 2 is 1.86 bits per heavy atom. The number of aryl methyl sites for hydroxylation is 1. The molecule has 0 N–H and O–H groups in total. The summed E-state index contributed by atoms with van der Waals surface area (Å²) in [6.07, 6.45) is -4.56. The summed E-state index contributed by atoms with van der Waals surface area (Å²) < 4.78 is 44.5. The van der Waals surface area contributed by atoms with Crippen LogP contribution in [-0.4, -0.2) is 0 Å². The first-order valence-electron chi connectivity index (χ1n) is 5.86. The van der Waals surface area contributed by atoms with Crippen LogP contribution in [0.4, 0.5) is 13.2 Å². The zero-order valence-corrected chi connectivity index (χ0v) is 12.4. The molecule has 0 spiro atoms. The quantitative estimate of drug-likeness (QED) is 0.718. The number of nitrogens with zero attached hydrogens (tertiary/aromatic N) is 1. The van der Waals surface area contributed by atoms with Gasteiger partial charge in [-0.3, -0.25) is 0 Å². The largest absolute Gasteiger partial charge is 0.457 e. The monoisotopic (exact) mass is 355 g/mol. The zero-order valence-electron chi connectivity index (χ0n) is 10.8. The van der Waals surface area contributed by atoms with Gasteiger partial charge in [-0.2, -0.15) is 18.4 Å². The average molecular weight is 356 g/mol. The summed E-state index contributed by atoms with van der Waals surface area (Å²) in [5, 5.41) is 8.85. The Morgan fingerprint density at radius 3 is 2.43 bits per heavy atom. The Bertz CT molecular complexity index is 720. The van der Waals surface area contributed by atoms with Gasteiger partial charge in [-0.05, 0) is 48.9 Å². The minimum atomic E-state index is -4.56. The molecule has 0 aliphatic rings. The van der Waals surface area contributed by atoms with Gasteiger partial charge in [0.1, 0.15) is 11.5 Å². The van der Waals surface area contributed by atoms with E-state index in [0.29, 0.717) is 5.75 Å². The molecule has 21 heavy (non-hydrogen) atoms. The number of rotatable bonds is 2. The van der Waals surface area contributed by atoms with Crippen LogP contribution in [0.2, 0.25) is 0 Å². The Labute approximate surface area is 127 Å². The standard InChI is InChI=1S/C15H9BrF3NO/c1-9-6-11(16)2-5-14(9)21-12-3-4-13(15(17,18)19)10(7-12)8-20/h2-7H,1H3. The van der Waals surface area contributed by atoms with Gasteiger partial charge < -0.3 is 4.74 Å². The van der Waals surface area contributed by atoms with E-state index in [1.807, 2.05) is 13.0 Å². The van der Waals surface area contributed by atoms with Crippen molar-refractivity contribution in [3.05, 3.63) is 57.6 Å². The van der Waals surface area contributed by atoms with Crippen molar-refractivity contribution in [3.8, 4) is 17.6 Å². The summed E-state index contributed by atoms with van der Waals surface area (Å²) in [5.74, 6) is 0.701. The van der Waals surface area contributed by atoms with Crippen LogP contribution >= 0.6 is 15.9 Å². The van der Waals surface area contributed by atoms with Gasteiger partial charge in [-0.15, -0.1) is 0 Å². The molecule has 0 aromatic heterocycles. The number of ether oxygens (including phenoxy) is 1. The highest BCUT2D eigenvalue weighted by Gasteiger charge is 2.33. The fourth-order valence-corrected chi connectivity index (χ4v) is 2.26. The van der Waals surface area contributed by atoms with Crippen LogP contribution in [0.25, 0.3) is 0 Å². The molecule has 0 bridgehead atoms. The van der Waals surface area contributed by atoms with E-state index in [9.17, 15) is 13.2 Å². The first-order valence-corrected chi connectivity index (χ1v) is 6.66. The van der Waals surface area contributed by atoms with Crippen LogP contribution in [0.15, 0.2) is 40.9 Å². The summed E-state index contributed by atoms with van der Waals surface area (Å²) in [7, 11) is 0. The molecule has 0 fully saturated rings. The van der Waals surface area contributed by atoms with Crippen LogP contribution in [0.1, 0.15) is 16.7 Å². The van der Waals surface area contributed by atoms with Crippen molar-refractivity contribution in [2.24, 2.45) is 0 Å². The van der Waals surface area contributed by atoms with Crippen LogP contribution in [0, 0.1) is 18.3 Å². The van der Waals surface area contributed by atoms with E-state index in [2.05, 4.69) is 15.9 Å². The number of hydrogen-bond donors (Lipinski definition) is 0. The molecule has 2 aromatic rings. The van der Waals surface area contributed by atoms with E-state index in [4.69, 9.17) is 10.00 Å². The first-order chi connectivity index (χ1) is 9.81. The highest BCUT2D eigenvalue weighted by atomic mass is 79.9. The van der Waals surface area contributed by atoms with E-state index in [1.165, 1.54) is 6.07 Å². The molecule has 2 nitrogen and oxygen atoms in total. The summed E-state index contributed by atoms with van der Waals surface area (Å²) >= 11 is 3.31. The Hall–Kier alpha value is -2.00. The molecular weight excluding hydrogens is 347 g/mol.